The lowest BCUT2D eigenvalue weighted by molar-refractivity contribution is 0.0556. The van der Waals surface area contributed by atoms with Crippen molar-refractivity contribution >= 4 is 0 Å². The minimum Gasteiger partial charge on any atom is -0.480 e. The molecule has 0 N–H and O–H groups in total. The number of nitrogens with zero attached hydrogens (tertiary/aromatic N) is 3. The second-order valence-corrected chi connectivity index (χ2v) is 7.31. The SMILES string of the molecule is CC(Oc1ccccc1F)c1nnc2n1CCCCC2C1CCOCC1. The lowest BCUT2D eigenvalue weighted by Gasteiger charge is -2.29. The Morgan fingerprint density at radius 1 is 1.15 bits per heavy atom. The van der Waals surface area contributed by atoms with Gasteiger partial charge < -0.3 is 14.0 Å². The molecule has 1 saturated heterocycles. The summed E-state index contributed by atoms with van der Waals surface area (Å²) in [5, 5.41) is 9.00. The van der Waals surface area contributed by atoms with Gasteiger partial charge in [-0.25, -0.2) is 4.39 Å². The van der Waals surface area contributed by atoms with Crippen LogP contribution in [0.1, 0.15) is 62.7 Å². The highest BCUT2D eigenvalue weighted by Gasteiger charge is 2.32. The normalized spacial score (nSPS) is 22.5. The monoisotopic (exact) mass is 359 g/mol. The number of hydrogen-bond donors (Lipinski definition) is 0. The van der Waals surface area contributed by atoms with Gasteiger partial charge in [-0.1, -0.05) is 18.6 Å². The fourth-order valence-corrected chi connectivity index (χ4v) is 4.24. The molecule has 5 nitrogen and oxygen atoms in total. The first-order chi connectivity index (χ1) is 12.7. The summed E-state index contributed by atoms with van der Waals surface area (Å²) in [6, 6.07) is 6.50. The first-order valence-corrected chi connectivity index (χ1v) is 9.66. The molecule has 0 saturated carbocycles. The molecule has 2 aromatic rings. The quantitative estimate of drug-likeness (QED) is 0.819. The van der Waals surface area contributed by atoms with Crippen molar-refractivity contribution in [1.29, 1.82) is 0 Å². The molecule has 2 atom stereocenters. The summed E-state index contributed by atoms with van der Waals surface area (Å²) < 4.78 is 27.5. The lowest BCUT2D eigenvalue weighted by Crippen LogP contribution is -2.24. The molecule has 2 aliphatic rings. The maximum atomic E-state index is 13.9. The molecule has 26 heavy (non-hydrogen) atoms. The number of rotatable bonds is 4. The van der Waals surface area contributed by atoms with Crippen LogP contribution in [0.4, 0.5) is 4.39 Å². The van der Waals surface area contributed by atoms with Gasteiger partial charge in [-0.05, 0) is 50.7 Å². The number of benzene rings is 1. The van der Waals surface area contributed by atoms with Gasteiger partial charge in [-0.3, -0.25) is 0 Å². The third-order valence-corrected chi connectivity index (χ3v) is 5.63. The fraction of sp³-hybridized carbons (Fsp3) is 0.600. The van der Waals surface area contributed by atoms with Crippen molar-refractivity contribution in [3.63, 3.8) is 0 Å². The number of para-hydroxylation sites is 1. The van der Waals surface area contributed by atoms with Crippen molar-refractivity contribution in [1.82, 2.24) is 14.8 Å². The van der Waals surface area contributed by atoms with Crippen LogP contribution in [0.15, 0.2) is 24.3 Å². The molecule has 2 unspecified atom stereocenters. The Labute approximate surface area is 153 Å². The third kappa shape index (κ3) is 3.47. The molecule has 1 aromatic heterocycles. The molecule has 6 heteroatoms. The predicted octanol–water partition coefficient (Wildman–Crippen LogP) is 4.25. The molecule has 0 aliphatic carbocycles. The molecular formula is C20H26FN3O2. The van der Waals surface area contributed by atoms with E-state index in [1.807, 2.05) is 6.92 Å². The Balaban J connectivity index is 1.58. The van der Waals surface area contributed by atoms with Crippen molar-refractivity contribution < 1.29 is 13.9 Å². The zero-order chi connectivity index (χ0) is 17.9. The van der Waals surface area contributed by atoms with Gasteiger partial charge in [0.2, 0.25) is 0 Å². The van der Waals surface area contributed by atoms with Gasteiger partial charge in [-0.15, -0.1) is 10.2 Å². The first-order valence-electron chi connectivity index (χ1n) is 9.66. The summed E-state index contributed by atoms with van der Waals surface area (Å²) in [6.07, 6.45) is 5.31. The third-order valence-electron chi connectivity index (χ3n) is 5.63. The largest absolute Gasteiger partial charge is 0.480 e. The predicted molar refractivity (Wildman–Crippen MR) is 95.6 cm³/mol. The number of fused-ring (bicyclic) bond motifs is 1. The van der Waals surface area contributed by atoms with E-state index < -0.39 is 0 Å². The van der Waals surface area contributed by atoms with Crippen LogP contribution in [0.25, 0.3) is 0 Å². The lowest BCUT2D eigenvalue weighted by atomic mass is 9.82. The van der Waals surface area contributed by atoms with Crippen molar-refractivity contribution in [2.75, 3.05) is 13.2 Å². The second-order valence-electron chi connectivity index (χ2n) is 7.31. The van der Waals surface area contributed by atoms with E-state index in [9.17, 15) is 4.39 Å². The van der Waals surface area contributed by atoms with Crippen molar-refractivity contribution in [2.24, 2.45) is 5.92 Å². The molecule has 1 aromatic carbocycles. The standard InChI is InChI=1S/C20H26FN3O2/c1-14(26-18-8-3-2-7-17(18)21)19-22-23-20-16(6-4-5-11-24(19)20)15-9-12-25-13-10-15/h2-3,7-8,14-16H,4-6,9-13H2,1H3. The first kappa shape index (κ1) is 17.5. The van der Waals surface area contributed by atoms with Crippen LogP contribution in [-0.4, -0.2) is 28.0 Å². The molecule has 0 spiro atoms. The average molecular weight is 359 g/mol. The number of aromatic nitrogens is 3. The van der Waals surface area contributed by atoms with E-state index in [0.29, 0.717) is 11.8 Å². The Morgan fingerprint density at radius 2 is 1.96 bits per heavy atom. The van der Waals surface area contributed by atoms with E-state index in [4.69, 9.17) is 9.47 Å². The minimum absolute atomic E-state index is 0.256. The topological polar surface area (TPSA) is 49.2 Å². The van der Waals surface area contributed by atoms with Crippen molar-refractivity contribution in [3.8, 4) is 5.75 Å². The van der Waals surface area contributed by atoms with E-state index in [-0.39, 0.29) is 17.7 Å². The second kappa shape index (κ2) is 7.74. The fourth-order valence-electron chi connectivity index (χ4n) is 4.24. The summed E-state index contributed by atoms with van der Waals surface area (Å²) in [5.74, 6) is 2.82. The summed E-state index contributed by atoms with van der Waals surface area (Å²) in [5.41, 5.74) is 0. The zero-order valence-corrected chi connectivity index (χ0v) is 15.2. The van der Waals surface area contributed by atoms with E-state index in [0.717, 1.165) is 57.1 Å². The Hall–Kier alpha value is -1.95. The van der Waals surface area contributed by atoms with Crippen LogP contribution in [0.3, 0.4) is 0 Å². The number of hydrogen-bond acceptors (Lipinski definition) is 4. The molecule has 0 radical (unpaired) electrons. The van der Waals surface area contributed by atoms with Gasteiger partial charge in [0.1, 0.15) is 5.82 Å². The van der Waals surface area contributed by atoms with E-state index in [1.54, 1.807) is 18.2 Å². The maximum Gasteiger partial charge on any atom is 0.173 e. The van der Waals surface area contributed by atoms with Crippen LogP contribution in [0.2, 0.25) is 0 Å². The van der Waals surface area contributed by atoms with E-state index in [1.165, 1.54) is 12.5 Å². The molecule has 3 heterocycles. The summed E-state index contributed by atoms with van der Waals surface area (Å²) in [7, 11) is 0. The zero-order valence-electron chi connectivity index (χ0n) is 15.2. The molecule has 1 fully saturated rings. The Bertz CT molecular complexity index is 742. The highest BCUT2D eigenvalue weighted by molar-refractivity contribution is 5.24. The highest BCUT2D eigenvalue weighted by Crippen LogP contribution is 2.38. The minimum atomic E-state index is -0.352. The highest BCUT2D eigenvalue weighted by atomic mass is 19.1. The van der Waals surface area contributed by atoms with Gasteiger partial charge in [0.15, 0.2) is 23.5 Å². The van der Waals surface area contributed by atoms with Gasteiger partial charge >= 0.3 is 0 Å². The molecule has 2 aliphatic heterocycles. The van der Waals surface area contributed by atoms with Gasteiger partial charge in [-0.2, -0.15) is 0 Å². The molecule has 4 rings (SSSR count). The Kier molecular flexibility index (Phi) is 5.20. The molecule has 140 valence electrons. The van der Waals surface area contributed by atoms with Gasteiger partial charge in [0, 0.05) is 25.7 Å². The van der Waals surface area contributed by atoms with Crippen molar-refractivity contribution in [3.05, 3.63) is 41.7 Å². The van der Waals surface area contributed by atoms with Crippen LogP contribution in [0.5, 0.6) is 5.75 Å². The summed E-state index contributed by atoms with van der Waals surface area (Å²) in [6.45, 7) is 4.50. The Morgan fingerprint density at radius 3 is 2.77 bits per heavy atom. The van der Waals surface area contributed by atoms with Crippen LogP contribution in [-0.2, 0) is 11.3 Å². The van der Waals surface area contributed by atoms with Crippen LogP contribution >= 0.6 is 0 Å². The molecule has 0 bridgehead atoms. The number of halogens is 1. The van der Waals surface area contributed by atoms with Gasteiger partial charge in [0.25, 0.3) is 0 Å². The van der Waals surface area contributed by atoms with Crippen LogP contribution in [0, 0.1) is 11.7 Å². The summed E-state index contributed by atoms with van der Waals surface area (Å²) in [4.78, 5) is 0. The van der Waals surface area contributed by atoms with Crippen LogP contribution < -0.4 is 4.74 Å². The summed E-state index contributed by atoms with van der Waals surface area (Å²) >= 11 is 0. The maximum absolute atomic E-state index is 13.9. The molecular weight excluding hydrogens is 333 g/mol. The number of ether oxygens (including phenoxy) is 2. The van der Waals surface area contributed by atoms with E-state index >= 15 is 0 Å². The van der Waals surface area contributed by atoms with E-state index in [2.05, 4.69) is 14.8 Å². The smallest absolute Gasteiger partial charge is 0.173 e. The van der Waals surface area contributed by atoms with Gasteiger partial charge in [0.05, 0.1) is 0 Å². The average Bonchev–Trinajstić information content (AvgIpc) is 2.97. The molecule has 0 amide bonds. The van der Waals surface area contributed by atoms with Crippen molar-refractivity contribution in [2.45, 2.75) is 57.6 Å².